The van der Waals surface area contributed by atoms with Gasteiger partial charge in [0, 0.05) is 12.2 Å². The first-order valence-electron chi connectivity index (χ1n) is 9.08. The van der Waals surface area contributed by atoms with Crippen LogP contribution >= 0.6 is 11.6 Å². The van der Waals surface area contributed by atoms with Gasteiger partial charge in [-0.05, 0) is 49.2 Å². The fourth-order valence-corrected chi connectivity index (χ4v) is 3.13. The minimum atomic E-state index is 0.448. The summed E-state index contributed by atoms with van der Waals surface area (Å²) in [7, 11) is 0. The molecule has 0 aliphatic heterocycles. The predicted molar refractivity (Wildman–Crippen MR) is 112 cm³/mol. The van der Waals surface area contributed by atoms with Gasteiger partial charge in [-0.2, -0.15) is 0 Å². The molecule has 0 bridgehead atoms. The second-order valence-corrected chi connectivity index (χ2v) is 6.74. The first-order chi connectivity index (χ1) is 13.2. The van der Waals surface area contributed by atoms with Crippen LogP contribution in [0.4, 0.5) is 5.69 Å². The molecular formula is C23H24ClNO2. The molecule has 4 heteroatoms. The van der Waals surface area contributed by atoms with E-state index in [0.29, 0.717) is 36.3 Å². The predicted octanol–water partition coefficient (Wildman–Crippen LogP) is 6.24. The van der Waals surface area contributed by atoms with Crippen molar-refractivity contribution in [3.05, 3.63) is 88.4 Å². The van der Waals surface area contributed by atoms with Gasteiger partial charge in [-0.25, -0.2) is 0 Å². The van der Waals surface area contributed by atoms with Crippen LogP contribution < -0.4 is 14.8 Å². The summed E-state index contributed by atoms with van der Waals surface area (Å²) in [5.41, 5.74) is 4.40. The molecule has 3 nitrogen and oxygen atoms in total. The minimum Gasteiger partial charge on any atom is -0.490 e. The van der Waals surface area contributed by atoms with E-state index < -0.39 is 0 Å². The Morgan fingerprint density at radius 3 is 2.44 bits per heavy atom. The third-order valence-electron chi connectivity index (χ3n) is 4.11. The molecule has 3 aromatic carbocycles. The SMILES string of the molecule is CCOc1cc(CNc2ccccc2)cc(Cl)c1OCc1cccc(C)c1. The molecule has 0 spiro atoms. The molecular weight excluding hydrogens is 358 g/mol. The minimum absolute atomic E-state index is 0.448. The van der Waals surface area contributed by atoms with Crippen molar-refractivity contribution in [2.24, 2.45) is 0 Å². The Balaban J connectivity index is 1.75. The van der Waals surface area contributed by atoms with Crippen molar-refractivity contribution in [1.82, 2.24) is 0 Å². The molecule has 0 atom stereocenters. The van der Waals surface area contributed by atoms with E-state index in [1.54, 1.807) is 0 Å². The van der Waals surface area contributed by atoms with Crippen molar-refractivity contribution < 1.29 is 9.47 Å². The highest BCUT2D eigenvalue weighted by molar-refractivity contribution is 6.32. The van der Waals surface area contributed by atoms with Crippen molar-refractivity contribution in [1.29, 1.82) is 0 Å². The standard InChI is InChI=1S/C23H24ClNO2/c1-3-26-22-14-19(15-25-20-10-5-4-6-11-20)13-21(24)23(22)27-16-18-9-7-8-17(2)12-18/h4-14,25H,3,15-16H2,1-2H3. The van der Waals surface area contributed by atoms with E-state index in [9.17, 15) is 0 Å². The van der Waals surface area contributed by atoms with Crippen LogP contribution in [0.3, 0.4) is 0 Å². The first-order valence-corrected chi connectivity index (χ1v) is 9.46. The fraction of sp³-hybridized carbons (Fsp3) is 0.217. The topological polar surface area (TPSA) is 30.5 Å². The third kappa shape index (κ3) is 5.41. The maximum Gasteiger partial charge on any atom is 0.180 e. The second-order valence-electron chi connectivity index (χ2n) is 6.34. The van der Waals surface area contributed by atoms with Crippen LogP contribution in [0, 0.1) is 6.92 Å². The maximum absolute atomic E-state index is 6.52. The number of para-hydroxylation sites is 1. The molecule has 0 aliphatic carbocycles. The van der Waals surface area contributed by atoms with Crippen molar-refractivity contribution >= 4 is 17.3 Å². The van der Waals surface area contributed by atoms with Gasteiger partial charge < -0.3 is 14.8 Å². The maximum atomic E-state index is 6.52. The number of halogens is 1. The quantitative estimate of drug-likeness (QED) is 0.501. The fourth-order valence-electron chi connectivity index (χ4n) is 2.84. The zero-order chi connectivity index (χ0) is 19.1. The van der Waals surface area contributed by atoms with Gasteiger partial charge in [0.2, 0.25) is 0 Å². The molecule has 0 unspecified atom stereocenters. The normalized spacial score (nSPS) is 10.5. The van der Waals surface area contributed by atoms with Gasteiger partial charge >= 0.3 is 0 Å². The van der Waals surface area contributed by atoms with E-state index in [1.807, 2.05) is 61.5 Å². The van der Waals surface area contributed by atoms with Crippen molar-refractivity contribution in [3.8, 4) is 11.5 Å². The highest BCUT2D eigenvalue weighted by Crippen LogP contribution is 2.37. The number of benzene rings is 3. The van der Waals surface area contributed by atoms with Crippen molar-refractivity contribution in [2.75, 3.05) is 11.9 Å². The molecule has 0 fully saturated rings. The van der Waals surface area contributed by atoms with Crippen LogP contribution in [-0.2, 0) is 13.2 Å². The Bertz CT molecular complexity index is 881. The second kappa shape index (κ2) is 9.33. The Hall–Kier alpha value is -2.65. The molecule has 0 saturated heterocycles. The van der Waals surface area contributed by atoms with Crippen molar-refractivity contribution in [3.63, 3.8) is 0 Å². The summed E-state index contributed by atoms with van der Waals surface area (Å²) in [6.45, 7) is 5.67. The van der Waals surface area contributed by atoms with Gasteiger partial charge in [0.05, 0.1) is 11.6 Å². The molecule has 3 aromatic rings. The zero-order valence-electron chi connectivity index (χ0n) is 15.7. The molecule has 0 heterocycles. The lowest BCUT2D eigenvalue weighted by Crippen LogP contribution is -2.04. The van der Waals surface area contributed by atoms with E-state index >= 15 is 0 Å². The molecule has 140 valence electrons. The summed E-state index contributed by atoms with van der Waals surface area (Å²) in [6.07, 6.45) is 0. The molecule has 0 radical (unpaired) electrons. The van der Waals surface area contributed by atoms with E-state index in [-0.39, 0.29) is 0 Å². The monoisotopic (exact) mass is 381 g/mol. The van der Waals surface area contributed by atoms with Gasteiger partial charge in [0.1, 0.15) is 6.61 Å². The lowest BCUT2D eigenvalue weighted by molar-refractivity contribution is 0.269. The number of ether oxygens (including phenoxy) is 2. The average Bonchev–Trinajstić information content (AvgIpc) is 2.67. The largest absolute Gasteiger partial charge is 0.490 e. The van der Waals surface area contributed by atoms with Crippen LogP contribution in [0.15, 0.2) is 66.7 Å². The Morgan fingerprint density at radius 2 is 1.70 bits per heavy atom. The van der Waals surface area contributed by atoms with Crippen molar-refractivity contribution in [2.45, 2.75) is 27.0 Å². The number of nitrogens with one attached hydrogen (secondary N) is 1. The smallest absolute Gasteiger partial charge is 0.180 e. The molecule has 0 amide bonds. The van der Waals surface area contributed by atoms with E-state index in [2.05, 4.69) is 24.4 Å². The van der Waals surface area contributed by atoms with Crippen LogP contribution in [0.1, 0.15) is 23.6 Å². The summed E-state index contributed by atoms with van der Waals surface area (Å²) in [4.78, 5) is 0. The summed E-state index contributed by atoms with van der Waals surface area (Å²) < 4.78 is 11.8. The van der Waals surface area contributed by atoms with E-state index in [1.165, 1.54) is 5.56 Å². The number of rotatable bonds is 8. The Kier molecular flexibility index (Phi) is 6.61. The summed E-state index contributed by atoms with van der Waals surface area (Å²) in [5.74, 6) is 1.26. The lowest BCUT2D eigenvalue weighted by Gasteiger charge is -2.16. The number of hydrogen-bond acceptors (Lipinski definition) is 3. The molecule has 27 heavy (non-hydrogen) atoms. The molecule has 0 aliphatic rings. The molecule has 3 rings (SSSR count). The number of aryl methyl sites for hydroxylation is 1. The summed E-state index contributed by atoms with van der Waals surface area (Å²) in [6, 6.07) is 22.2. The number of hydrogen-bond donors (Lipinski definition) is 1. The molecule has 0 aromatic heterocycles. The highest BCUT2D eigenvalue weighted by Gasteiger charge is 2.13. The van der Waals surface area contributed by atoms with Gasteiger partial charge in [-0.1, -0.05) is 59.6 Å². The Morgan fingerprint density at radius 1 is 0.889 bits per heavy atom. The first kappa shape index (κ1) is 19.1. The third-order valence-corrected chi connectivity index (χ3v) is 4.39. The van der Waals surface area contributed by atoms with E-state index in [0.717, 1.165) is 16.8 Å². The van der Waals surface area contributed by atoms with Crippen LogP contribution in [-0.4, -0.2) is 6.61 Å². The van der Waals surface area contributed by atoms with E-state index in [4.69, 9.17) is 21.1 Å². The number of anilines is 1. The summed E-state index contributed by atoms with van der Waals surface area (Å²) in [5, 5.41) is 3.94. The summed E-state index contributed by atoms with van der Waals surface area (Å²) >= 11 is 6.52. The van der Waals surface area contributed by atoms with Gasteiger partial charge in [-0.15, -0.1) is 0 Å². The zero-order valence-corrected chi connectivity index (χ0v) is 16.4. The average molecular weight is 382 g/mol. The highest BCUT2D eigenvalue weighted by atomic mass is 35.5. The van der Waals surface area contributed by atoms with Crippen LogP contribution in [0.25, 0.3) is 0 Å². The van der Waals surface area contributed by atoms with Gasteiger partial charge in [0.15, 0.2) is 11.5 Å². The van der Waals surface area contributed by atoms with Crippen LogP contribution in [0.5, 0.6) is 11.5 Å². The molecule has 1 N–H and O–H groups in total. The van der Waals surface area contributed by atoms with Gasteiger partial charge in [0.25, 0.3) is 0 Å². The Labute approximate surface area is 165 Å². The van der Waals surface area contributed by atoms with Crippen LogP contribution in [0.2, 0.25) is 5.02 Å². The molecule has 0 saturated carbocycles. The van der Waals surface area contributed by atoms with Gasteiger partial charge in [-0.3, -0.25) is 0 Å². The lowest BCUT2D eigenvalue weighted by atomic mass is 10.1.